The van der Waals surface area contributed by atoms with Gasteiger partial charge in [0, 0.05) is 27.2 Å². The van der Waals surface area contributed by atoms with Crippen LogP contribution in [0.15, 0.2) is 29.3 Å². The van der Waals surface area contributed by atoms with Crippen molar-refractivity contribution in [2.75, 3.05) is 54.0 Å². The number of nitrogens with one attached hydrogen (secondary N) is 2. The summed E-state index contributed by atoms with van der Waals surface area (Å²) in [5, 5.41) is 6.51. The Morgan fingerprint density at radius 3 is 2.60 bits per heavy atom. The molecule has 0 amide bonds. The molecule has 0 radical (unpaired) electrons. The van der Waals surface area contributed by atoms with E-state index in [1.807, 2.05) is 6.92 Å². The van der Waals surface area contributed by atoms with Crippen molar-refractivity contribution in [2.24, 2.45) is 4.99 Å². The number of hydrogen-bond donors (Lipinski definition) is 2. The van der Waals surface area contributed by atoms with E-state index in [-0.39, 0.29) is 11.9 Å². The molecule has 0 saturated carbocycles. The normalized spacial score (nSPS) is 13.0. The second-order valence-corrected chi connectivity index (χ2v) is 5.91. The Morgan fingerprint density at radius 2 is 1.96 bits per heavy atom. The van der Waals surface area contributed by atoms with Crippen molar-refractivity contribution in [1.82, 2.24) is 15.5 Å². The van der Waals surface area contributed by atoms with Crippen molar-refractivity contribution in [3.05, 3.63) is 30.1 Å². The first kappa shape index (κ1) is 21.2. The number of aliphatic imine (C=N–C) groups is 1. The maximum Gasteiger partial charge on any atom is 0.191 e. The van der Waals surface area contributed by atoms with Gasteiger partial charge in [0.2, 0.25) is 0 Å². The Hall–Kier alpha value is -1.86. The maximum atomic E-state index is 12.9. The van der Waals surface area contributed by atoms with E-state index in [2.05, 4.69) is 27.6 Å². The molecule has 1 unspecified atom stereocenters. The highest BCUT2D eigenvalue weighted by Gasteiger charge is 2.06. The van der Waals surface area contributed by atoms with Crippen LogP contribution in [0.3, 0.4) is 0 Å². The zero-order valence-electron chi connectivity index (χ0n) is 15.7. The van der Waals surface area contributed by atoms with Gasteiger partial charge in [-0.1, -0.05) is 0 Å². The summed E-state index contributed by atoms with van der Waals surface area (Å²) in [6.07, 6.45) is 0.951. The molecule has 0 aliphatic carbocycles. The third-order valence-corrected chi connectivity index (χ3v) is 3.62. The number of halogens is 1. The van der Waals surface area contributed by atoms with Crippen molar-refractivity contribution in [1.29, 1.82) is 0 Å². The first-order valence-corrected chi connectivity index (χ1v) is 8.59. The molecule has 1 rings (SSSR count). The SMILES string of the molecule is CN=C(NCCCN(C)CCOC)NCC(C)Oc1ccc(F)cc1. The van der Waals surface area contributed by atoms with Crippen molar-refractivity contribution in [3.63, 3.8) is 0 Å². The number of benzene rings is 1. The van der Waals surface area contributed by atoms with Crippen molar-refractivity contribution < 1.29 is 13.9 Å². The minimum atomic E-state index is -0.268. The predicted octanol–water partition coefficient (Wildman–Crippen LogP) is 1.73. The molecule has 2 N–H and O–H groups in total. The zero-order valence-corrected chi connectivity index (χ0v) is 15.7. The van der Waals surface area contributed by atoms with Gasteiger partial charge < -0.3 is 25.0 Å². The van der Waals surface area contributed by atoms with E-state index in [0.29, 0.717) is 12.3 Å². The molecule has 0 saturated heterocycles. The van der Waals surface area contributed by atoms with Gasteiger partial charge in [0.05, 0.1) is 13.2 Å². The van der Waals surface area contributed by atoms with Gasteiger partial charge in [-0.25, -0.2) is 4.39 Å². The number of hydrogen-bond acceptors (Lipinski definition) is 4. The third kappa shape index (κ3) is 9.89. The van der Waals surface area contributed by atoms with Crippen LogP contribution in [0.4, 0.5) is 4.39 Å². The van der Waals surface area contributed by atoms with Crippen molar-refractivity contribution >= 4 is 5.96 Å². The second-order valence-electron chi connectivity index (χ2n) is 5.91. The van der Waals surface area contributed by atoms with Crippen molar-refractivity contribution in [3.8, 4) is 5.75 Å². The van der Waals surface area contributed by atoms with Crippen LogP contribution in [-0.2, 0) is 4.74 Å². The predicted molar refractivity (Wildman–Crippen MR) is 99.8 cm³/mol. The van der Waals surface area contributed by atoms with Gasteiger partial charge >= 0.3 is 0 Å². The number of methoxy groups -OCH3 is 1. The lowest BCUT2D eigenvalue weighted by Crippen LogP contribution is -2.42. The molecule has 0 aliphatic heterocycles. The van der Waals surface area contributed by atoms with Crippen LogP contribution >= 0.6 is 0 Å². The van der Waals surface area contributed by atoms with Crippen LogP contribution in [0.5, 0.6) is 5.75 Å². The monoisotopic (exact) mass is 354 g/mol. The van der Waals surface area contributed by atoms with Crippen LogP contribution in [0.25, 0.3) is 0 Å². The molecule has 7 heteroatoms. The van der Waals surface area contributed by atoms with E-state index in [4.69, 9.17) is 9.47 Å². The summed E-state index contributed by atoms with van der Waals surface area (Å²) in [6.45, 7) is 6.07. The summed E-state index contributed by atoms with van der Waals surface area (Å²) < 4.78 is 23.7. The molecule has 0 heterocycles. The van der Waals surface area contributed by atoms with E-state index in [1.165, 1.54) is 12.1 Å². The van der Waals surface area contributed by atoms with Gasteiger partial charge in [-0.15, -0.1) is 0 Å². The molecular formula is C18H31FN4O2. The fraction of sp³-hybridized carbons (Fsp3) is 0.611. The Morgan fingerprint density at radius 1 is 1.24 bits per heavy atom. The molecule has 25 heavy (non-hydrogen) atoms. The molecule has 6 nitrogen and oxygen atoms in total. The smallest absolute Gasteiger partial charge is 0.191 e. The standard InChI is InChI=1S/C18H31FN4O2/c1-15(25-17-8-6-16(19)7-9-17)14-22-18(20-2)21-10-5-11-23(3)12-13-24-4/h6-9,15H,5,10-14H2,1-4H3,(H2,20,21,22). The lowest BCUT2D eigenvalue weighted by molar-refractivity contribution is 0.161. The molecule has 142 valence electrons. The number of nitrogens with zero attached hydrogens (tertiary/aromatic N) is 2. The largest absolute Gasteiger partial charge is 0.489 e. The van der Waals surface area contributed by atoms with Gasteiger partial charge in [0.1, 0.15) is 17.7 Å². The number of rotatable bonds is 11. The zero-order chi connectivity index (χ0) is 18.5. The third-order valence-electron chi connectivity index (χ3n) is 3.62. The molecule has 0 bridgehead atoms. The maximum absolute atomic E-state index is 12.9. The number of likely N-dealkylation sites (N-methyl/N-ethyl adjacent to an activating group) is 1. The summed E-state index contributed by atoms with van der Waals surface area (Å²) in [7, 11) is 5.54. The molecule has 1 aromatic rings. The van der Waals surface area contributed by atoms with Gasteiger partial charge in [-0.2, -0.15) is 0 Å². The molecular weight excluding hydrogens is 323 g/mol. The van der Waals surface area contributed by atoms with Crippen LogP contribution in [0.2, 0.25) is 0 Å². The first-order chi connectivity index (χ1) is 12.0. The van der Waals surface area contributed by atoms with Crippen LogP contribution in [0, 0.1) is 5.82 Å². The average molecular weight is 354 g/mol. The Balaban J connectivity index is 2.19. The molecule has 0 fully saturated rings. The molecule has 1 atom stereocenters. The Labute approximate surface area is 150 Å². The molecule has 0 spiro atoms. The average Bonchev–Trinajstić information content (AvgIpc) is 2.61. The number of ether oxygens (including phenoxy) is 2. The van der Waals surface area contributed by atoms with E-state index < -0.39 is 0 Å². The van der Waals surface area contributed by atoms with E-state index in [0.717, 1.165) is 38.6 Å². The summed E-state index contributed by atoms with van der Waals surface area (Å²) in [4.78, 5) is 6.44. The molecule has 1 aromatic carbocycles. The lowest BCUT2D eigenvalue weighted by atomic mass is 10.3. The van der Waals surface area contributed by atoms with E-state index in [1.54, 1.807) is 26.3 Å². The van der Waals surface area contributed by atoms with Crippen LogP contribution in [-0.4, -0.2) is 71.0 Å². The minimum absolute atomic E-state index is 0.0656. The lowest BCUT2D eigenvalue weighted by Gasteiger charge is -2.19. The fourth-order valence-corrected chi connectivity index (χ4v) is 2.16. The topological polar surface area (TPSA) is 58.1 Å². The van der Waals surface area contributed by atoms with Crippen LogP contribution in [0.1, 0.15) is 13.3 Å². The quantitative estimate of drug-likeness (QED) is 0.360. The summed E-state index contributed by atoms with van der Waals surface area (Å²) in [5.74, 6) is 1.13. The Bertz CT molecular complexity index is 496. The molecule has 0 aromatic heterocycles. The van der Waals surface area contributed by atoms with Crippen molar-refractivity contribution in [2.45, 2.75) is 19.4 Å². The van der Waals surface area contributed by atoms with Gasteiger partial charge in [-0.3, -0.25) is 4.99 Å². The highest BCUT2D eigenvalue weighted by molar-refractivity contribution is 5.79. The summed E-state index contributed by atoms with van der Waals surface area (Å²) in [6, 6.07) is 6.03. The van der Waals surface area contributed by atoms with E-state index >= 15 is 0 Å². The second kappa shape index (κ2) is 12.5. The number of guanidine groups is 1. The highest BCUT2D eigenvalue weighted by atomic mass is 19.1. The van der Waals surface area contributed by atoms with Gasteiger partial charge in [0.15, 0.2) is 5.96 Å². The Kier molecular flexibility index (Phi) is 10.6. The van der Waals surface area contributed by atoms with Gasteiger partial charge in [0.25, 0.3) is 0 Å². The van der Waals surface area contributed by atoms with E-state index in [9.17, 15) is 4.39 Å². The van der Waals surface area contributed by atoms with Gasteiger partial charge in [-0.05, 0) is 51.2 Å². The van der Waals surface area contributed by atoms with Crippen LogP contribution < -0.4 is 15.4 Å². The molecule has 0 aliphatic rings. The highest BCUT2D eigenvalue weighted by Crippen LogP contribution is 2.12. The fourth-order valence-electron chi connectivity index (χ4n) is 2.16. The summed E-state index contributed by atoms with van der Waals surface area (Å²) >= 11 is 0. The summed E-state index contributed by atoms with van der Waals surface area (Å²) in [5.41, 5.74) is 0. The minimum Gasteiger partial charge on any atom is -0.489 e. The first-order valence-electron chi connectivity index (χ1n) is 8.59.